The van der Waals surface area contributed by atoms with Crippen molar-refractivity contribution >= 4 is 15.9 Å². The summed E-state index contributed by atoms with van der Waals surface area (Å²) < 4.78 is 1.33. The van der Waals surface area contributed by atoms with E-state index < -0.39 is 0 Å². The highest BCUT2D eigenvalue weighted by Gasteiger charge is 2.25. The molecule has 1 aliphatic carbocycles. The molecule has 1 saturated heterocycles. The molecule has 0 spiro atoms. The lowest BCUT2D eigenvalue weighted by Crippen LogP contribution is -2.10. The van der Waals surface area contributed by atoms with Gasteiger partial charge in [0.05, 0.1) is 0 Å². The van der Waals surface area contributed by atoms with Crippen molar-refractivity contribution in [3.05, 3.63) is 33.8 Å². The van der Waals surface area contributed by atoms with E-state index in [-0.39, 0.29) is 0 Å². The highest BCUT2D eigenvalue weighted by molar-refractivity contribution is 9.10. The molecule has 1 aromatic carbocycles. The molecule has 0 aromatic heterocycles. The summed E-state index contributed by atoms with van der Waals surface area (Å²) in [5.74, 6) is 1.69. The second-order valence-electron chi connectivity index (χ2n) is 5.19. The first-order valence-corrected chi connectivity index (χ1v) is 7.11. The number of rotatable bonds is 3. The average Bonchev–Trinajstić information content (AvgIpc) is 2.97. The van der Waals surface area contributed by atoms with Gasteiger partial charge in [0.25, 0.3) is 0 Å². The second-order valence-corrected chi connectivity index (χ2v) is 6.05. The molecule has 0 radical (unpaired) electrons. The van der Waals surface area contributed by atoms with Gasteiger partial charge in [0, 0.05) is 4.47 Å². The van der Waals surface area contributed by atoms with Crippen LogP contribution in [-0.4, -0.2) is 13.1 Å². The molecule has 1 atom stereocenters. The molecule has 1 unspecified atom stereocenters. The topological polar surface area (TPSA) is 12.0 Å². The molecular weight excluding hydrogens is 262 g/mol. The van der Waals surface area contributed by atoms with E-state index in [2.05, 4.69) is 39.4 Å². The van der Waals surface area contributed by atoms with Gasteiger partial charge >= 0.3 is 0 Å². The summed E-state index contributed by atoms with van der Waals surface area (Å²) in [5, 5.41) is 3.44. The SMILES string of the molecule is Brc1cc(CC2CCNC2)ccc1C1CC1. The summed E-state index contributed by atoms with van der Waals surface area (Å²) in [4.78, 5) is 0. The number of benzene rings is 1. The maximum absolute atomic E-state index is 3.72. The predicted molar refractivity (Wildman–Crippen MR) is 70.8 cm³/mol. The predicted octanol–water partition coefficient (Wildman–Crippen LogP) is 3.48. The first-order chi connectivity index (χ1) is 7.83. The molecule has 1 aromatic rings. The maximum atomic E-state index is 3.72. The Morgan fingerprint density at radius 1 is 1.25 bits per heavy atom. The smallest absolute Gasteiger partial charge is 0.0212 e. The van der Waals surface area contributed by atoms with Crippen LogP contribution in [0.2, 0.25) is 0 Å². The molecule has 86 valence electrons. The lowest BCUT2D eigenvalue weighted by Gasteiger charge is -2.10. The van der Waals surface area contributed by atoms with Gasteiger partial charge in [-0.05, 0) is 67.8 Å². The normalized spacial score (nSPS) is 24.9. The fourth-order valence-corrected chi connectivity index (χ4v) is 3.39. The minimum atomic E-state index is 0.844. The molecule has 2 fully saturated rings. The number of hydrogen-bond acceptors (Lipinski definition) is 1. The van der Waals surface area contributed by atoms with Crippen molar-refractivity contribution in [2.45, 2.75) is 31.6 Å². The Morgan fingerprint density at radius 3 is 2.75 bits per heavy atom. The lowest BCUT2D eigenvalue weighted by molar-refractivity contribution is 0.580. The molecule has 2 aliphatic rings. The van der Waals surface area contributed by atoms with Crippen LogP contribution in [0, 0.1) is 5.92 Å². The van der Waals surface area contributed by atoms with Gasteiger partial charge in [0.1, 0.15) is 0 Å². The molecule has 1 heterocycles. The molecule has 16 heavy (non-hydrogen) atoms. The Labute approximate surface area is 106 Å². The van der Waals surface area contributed by atoms with Crippen molar-refractivity contribution in [2.75, 3.05) is 13.1 Å². The zero-order valence-electron chi connectivity index (χ0n) is 9.51. The van der Waals surface area contributed by atoms with Crippen molar-refractivity contribution in [2.24, 2.45) is 5.92 Å². The van der Waals surface area contributed by atoms with Gasteiger partial charge in [0.2, 0.25) is 0 Å². The third-order valence-corrected chi connectivity index (χ3v) is 4.46. The molecule has 1 nitrogen and oxygen atoms in total. The summed E-state index contributed by atoms with van der Waals surface area (Å²) in [6.45, 7) is 2.40. The summed E-state index contributed by atoms with van der Waals surface area (Å²) in [6.07, 6.45) is 5.33. The van der Waals surface area contributed by atoms with E-state index in [1.807, 2.05) is 0 Å². The molecule has 3 rings (SSSR count). The number of nitrogens with one attached hydrogen (secondary N) is 1. The maximum Gasteiger partial charge on any atom is 0.0212 e. The Kier molecular flexibility index (Phi) is 3.03. The van der Waals surface area contributed by atoms with Gasteiger partial charge in [-0.1, -0.05) is 28.1 Å². The fourth-order valence-electron chi connectivity index (χ4n) is 2.65. The molecule has 1 aliphatic heterocycles. The third-order valence-electron chi connectivity index (χ3n) is 3.77. The van der Waals surface area contributed by atoms with Crippen molar-refractivity contribution in [3.8, 4) is 0 Å². The quantitative estimate of drug-likeness (QED) is 0.893. The Balaban J connectivity index is 1.72. The molecule has 0 amide bonds. The molecular formula is C14H18BrN. The summed E-state index contributed by atoms with van der Waals surface area (Å²) in [6, 6.07) is 7.00. The highest BCUT2D eigenvalue weighted by atomic mass is 79.9. The van der Waals surface area contributed by atoms with Crippen LogP contribution in [-0.2, 0) is 6.42 Å². The molecule has 0 bridgehead atoms. The van der Waals surface area contributed by atoms with Gasteiger partial charge in [0.15, 0.2) is 0 Å². The van der Waals surface area contributed by atoms with Crippen LogP contribution in [0.4, 0.5) is 0 Å². The van der Waals surface area contributed by atoms with Gasteiger partial charge < -0.3 is 5.32 Å². The minimum Gasteiger partial charge on any atom is -0.316 e. The van der Waals surface area contributed by atoms with E-state index in [0.29, 0.717) is 0 Å². The largest absolute Gasteiger partial charge is 0.316 e. The fraction of sp³-hybridized carbons (Fsp3) is 0.571. The van der Waals surface area contributed by atoms with Gasteiger partial charge in [-0.15, -0.1) is 0 Å². The summed E-state index contributed by atoms with van der Waals surface area (Å²) in [7, 11) is 0. The van der Waals surface area contributed by atoms with Crippen LogP contribution in [0.1, 0.15) is 36.3 Å². The standard InChI is InChI=1S/C14H18BrN/c15-14-8-10(7-11-5-6-16-9-11)1-4-13(14)12-2-3-12/h1,4,8,11-12,16H,2-3,5-7,9H2. The first kappa shape index (κ1) is 10.8. The van der Waals surface area contributed by atoms with Crippen LogP contribution < -0.4 is 5.32 Å². The van der Waals surface area contributed by atoms with E-state index in [1.165, 1.54) is 54.4 Å². The van der Waals surface area contributed by atoms with Gasteiger partial charge in [-0.2, -0.15) is 0 Å². The Morgan fingerprint density at radius 2 is 2.12 bits per heavy atom. The average molecular weight is 280 g/mol. The van der Waals surface area contributed by atoms with Crippen LogP contribution in [0.15, 0.2) is 22.7 Å². The van der Waals surface area contributed by atoms with Crippen molar-refractivity contribution in [1.29, 1.82) is 0 Å². The van der Waals surface area contributed by atoms with Crippen LogP contribution in [0.5, 0.6) is 0 Å². The summed E-state index contributed by atoms with van der Waals surface area (Å²) in [5.41, 5.74) is 3.01. The second kappa shape index (κ2) is 4.50. The van der Waals surface area contributed by atoms with E-state index in [1.54, 1.807) is 0 Å². The van der Waals surface area contributed by atoms with Crippen molar-refractivity contribution in [3.63, 3.8) is 0 Å². The number of halogens is 1. The molecule has 1 saturated carbocycles. The lowest BCUT2D eigenvalue weighted by atomic mass is 9.97. The minimum absolute atomic E-state index is 0.844. The molecule has 2 heteroatoms. The zero-order chi connectivity index (χ0) is 11.0. The number of hydrogen-bond donors (Lipinski definition) is 1. The first-order valence-electron chi connectivity index (χ1n) is 6.32. The van der Waals surface area contributed by atoms with E-state index in [4.69, 9.17) is 0 Å². The van der Waals surface area contributed by atoms with Gasteiger partial charge in [-0.25, -0.2) is 0 Å². The van der Waals surface area contributed by atoms with Crippen molar-refractivity contribution in [1.82, 2.24) is 5.32 Å². The van der Waals surface area contributed by atoms with E-state index in [0.717, 1.165) is 11.8 Å². The zero-order valence-corrected chi connectivity index (χ0v) is 11.1. The summed E-state index contributed by atoms with van der Waals surface area (Å²) >= 11 is 3.72. The van der Waals surface area contributed by atoms with Crippen LogP contribution in [0.25, 0.3) is 0 Å². The van der Waals surface area contributed by atoms with E-state index in [9.17, 15) is 0 Å². The van der Waals surface area contributed by atoms with Crippen LogP contribution in [0.3, 0.4) is 0 Å². The van der Waals surface area contributed by atoms with E-state index >= 15 is 0 Å². The van der Waals surface area contributed by atoms with Gasteiger partial charge in [-0.3, -0.25) is 0 Å². The highest BCUT2D eigenvalue weighted by Crippen LogP contribution is 2.43. The molecule has 1 N–H and O–H groups in total. The van der Waals surface area contributed by atoms with Crippen LogP contribution >= 0.6 is 15.9 Å². The Hall–Kier alpha value is -0.340. The van der Waals surface area contributed by atoms with Crippen molar-refractivity contribution < 1.29 is 0 Å². The Bertz CT molecular complexity index is 378. The monoisotopic (exact) mass is 279 g/mol. The third kappa shape index (κ3) is 2.33.